The molecule has 4 heteroatoms. The third-order valence-corrected chi connectivity index (χ3v) is 6.51. The molecule has 2 fully saturated rings. The Labute approximate surface area is 180 Å². The van der Waals surface area contributed by atoms with E-state index in [1.165, 1.54) is 37.8 Å². The highest BCUT2D eigenvalue weighted by molar-refractivity contribution is 5.77. The van der Waals surface area contributed by atoms with E-state index in [0.717, 1.165) is 49.6 Å². The molecule has 1 amide bonds. The number of benzene rings is 2. The molecule has 1 saturated heterocycles. The van der Waals surface area contributed by atoms with Crippen molar-refractivity contribution in [3.05, 3.63) is 65.7 Å². The fourth-order valence-electron chi connectivity index (χ4n) is 4.84. The molecule has 0 unspecified atom stereocenters. The first-order chi connectivity index (χ1) is 14.8. The number of amides is 1. The summed E-state index contributed by atoms with van der Waals surface area (Å²) in [5.41, 5.74) is 2.35. The molecule has 1 aliphatic carbocycles. The molecule has 1 aliphatic heterocycles. The number of likely N-dealkylation sites (tertiary alicyclic amines) is 1. The van der Waals surface area contributed by atoms with Crippen LogP contribution < -0.4 is 10.1 Å². The molecule has 2 aliphatic rings. The van der Waals surface area contributed by atoms with Crippen LogP contribution in [0.3, 0.4) is 0 Å². The first kappa shape index (κ1) is 20.9. The maximum Gasteiger partial charge on any atom is 0.258 e. The smallest absolute Gasteiger partial charge is 0.258 e. The van der Waals surface area contributed by atoms with Gasteiger partial charge in [-0.25, -0.2) is 0 Å². The van der Waals surface area contributed by atoms with E-state index >= 15 is 0 Å². The second kappa shape index (κ2) is 10.6. The lowest BCUT2D eigenvalue weighted by Gasteiger charge is -2.33. The lowest BCUT2D eigenvalue weighted by Crippen LogP contribution is -2.46. The van der Waals surface area contributed by atoms with E-state index < -0.39 is 0 Å². The first-order valence-corrected chi connectivity index (χ1v) is 11.5. The second-order valence-corrected chi connectivity index (χ2v) is 8.85. The Balaban J connectivity index is 1.21. The summed E-state index contributed by atoms with van der Waals surface area (Å²) in [5, 5.41) is 3.18. The third kappa shape index (κ3) is 6.09. The normalized spacial score (nSPS) is 18.4. The second-order valence-electron chi connectivity index (χ2n) is 8.85. The molecule has 0 radical (unpaired) electrons. The Bertz CT molecular complexity index is 794. The van der Waals surface area contributed by atoms with Gasteiger partial charge in [-0.2, -0.15) is 0 Å². The van der Waals surface area contributed by atoms with Gasteiger partial charge < -0.3 is 15.0 Å². The van der Waals surface area contributed by atoms with Crippen molar-refractivity contribution in [2.24, 2.45) is 5.92 Å². The number of rotatable bonds is 8. The molecule has 1 saturated carbocycles. The Morgan fingerprint density at radius 2 is 1.63 bits per heavy atom. The number of ether oxygens (including phenoxy) is 1. The van der Waals surface area contributed by atoms with Crippen LogP contribution in [0, 0.1) is 5.92 Å². The van der Waals surface area contributed by atoms with Gasteiger partial charge in [0.15, 0.2) is 6.61 Å². The Morgan fingerprint density at radius 1 is 0.933 bits per heavy atom. The van der Waals surface area contributed by atoms with Gasteiger partial charge in [0.2, 0.25) is 0 Å². The van der Waals surface area contributed by atoms with Gasteiger partial charge in [0.25, 0.3) is 5.91 Å². The van der Waals surface area contributed by atoms with Gasteiger partial charge in [0, 0.05) is 32.1 Å². The highest BCUT2D eigenvalue weighted by Crippen LogP contribution is 2.26. The molecular weight excluding hydrogens is 372 g/mol. The van der Waals surface area contributed by atoms with Crippen LogP contribution >= 0.6 is 0 Å². The summed E-state index contributed by atoms with van der Waals surface area (Å²) in [5.74, 6) is 1.68. The zero-order valence-electron chi connectivity index (χ0n) is 17.9. The van der Waals surface area contributed by atoms with Gasteiger partial charge in [-0.1, -0.05) is 61.4 Å². The molecule has 30 heavy (non-hydrogen) atoms. The lowest BCUT2D eigenvalue weighted by molar-refractivity contribution is -0.124. The van der Waals surface area contributed by atoms with Crippen molar-refractivity contribution < 1.29 is 9.53 Å². The fourth-order valence-corrected chi connectivity index (χ4v) is 4.84. The summed E-state index contributed by atoms with van der Waals surface area (Å²) in [4.78, 5) is 15.1. The summed E-state index contributed by atoms with van der Waals surface area (Å²) in [6.07, 6.45) is 8.51. The van der Waals surface area contributed by atoms with Crippen LogP contribution in [-0.4, -0.2) is 43.1 Å². The van der Waals surface area contributed by atoms with E-state index in [-0.39, 0.29) is 18.6 Å². The Hall–Kier alpha value is -2.33. The van der Waals surface area contributed by atoms with Crippen molar-refractivity contribution in [2.45, 2.75) is 51.0 Å². The minimum absolute atomic E-state index is 0.0150. The van der Waals surface area contributed by atoms with E-state index in [0.29, 0.717) is 0 Å². The molecule has 0 bridgehead atoms. The van der Waals surface area contributed by atoms with Gasteiger partial charge in [-0.05, 0) is 48.8 Å². The molecule has 160 valence electrons. The molecule has 1 heterocycles. The number of nitrogens with one attached hydrogen (secondary N) is 1. The minimum Gasteiger partial charge on any atom is -0.483 e. The molecule has 1 N–H and O–H groups in total. The third-order valence-electron chi connectivity index (χ3n) is 6.51. The number of hydrogen-bond donors (Lipinski definition) is 1. The average molecular weight is 407 g/mol. The molecule has 2 aromatic carbocycles. The molecule has 0 aromatic heterocycles. The molecule has 2 aromatic rings. The van der Waals surface area contributed by atoms with Crippen molar-refractivity contribution in [3.8, 4) is 5.75 Å². The number of piperidine rings is 1. The highest BCUT2D eigenvalue weighted by atomic mass is 16.5. The maximum atomic E-state index is 12.5. The van der Waals surface area contributed by atoms with Crippen LogP contribution in [-0.2, 0) is 11.2 Å². The van der Waals surface area contributed by atoms with Crippen LogP contribution in [0.15, 0.2) is 54.6 Å². The lowest BCUT2D eigenvalue weighted by atomic mass is 10.0. The largest absolute Gasteiger partial charge is 0.483 e. The van der Waals surface area contributed by atoms with Gasteiger partial charge in [0.1, 0.15) is 5.75 Å². The Morgan fingerprint density at radius 3 is 2.40 bits per heavy atom. The summed E-state index contributed by atoms with van der Waals surface area (Å²) < 4.78 is 5.90. The predicted octanol–water partition coefficient (Wildman–Crippen LogP) is 4.43. The van der Waals surface area contributed by atoms with Gasteiger partial charge in [-0.15, -0.1) is 0 Å². The predicted molar refractivity (Wildman–Crippen MR) is 121 cm³/mol. The number of para-hydroxylation sites is 1. The number of nitrogens with zero attached hydrogens (tertiary/aromatic N) is 1. The molecule has 0 atom stereocenters. The molecular formula is C26H34N2O2. The minimum atomic E-state index is -0.0150. The van der Waals surface area contributed by atoms with E-state index in [2.05, 4.69) is 28.4 Å². The van der Waals surface area contributed by atoms with Gasteiger partial charge in [0.05, 0.1) is 0 Å². The highest BCUT2D eigenvalue weighted by Gasteiger charge is 2.24. The van der Waals surface area contributed by atoms with Crippen LogP contribution in [0.2, 0.25) is 0 Å². The summed E-state index contributed by atoms with van der Waals surface area (Å²) in [6, 6.07) is 18.6. The summed E-state index contributed by atoms with van der Waals surface area (Å²) in [7, 11) is 0. The number of carbonyl (C=O) groups excluding carboxylic acids is 1. The van der Waals surface area contributed by atoms with Crippen molar-refractivity contribution in [2.75, 3.05) is 26.2 Å². The SMILES string of the molecule is O=C(COc1ccccc1Cc1ccccc1)NC1CCN(CC2CCCC2)CC1. The molecule has 4 rings (SSSR count). The number of carbonyl (C=O) groups is 1. The zero-order valence-corrected chi connectivity index (χ0v) is 17.9. The van der Waals surface area contributed by atoms with Crippen LogP contribution in [0.4, 0.5) is 0 Å². The zero-order chi connectivity index (χ0) is 20.6. The molecule has 0 spiro atoms. The van der Waals surface area contributed by atoms with Gasteiger partial charge in [-0.3, -0.25) is 4.79 Å². The average Bonchev–Trinajstić information content (AvgIpc) is 3.28. The van der Waals surface area contributed by atoms with Crippen LogP contribution in [0.5, 0.6) is 5.75 Å². The van der Waals surface area contributed by atoms with Crippen LogP contribution in [0.25, 0.3) is 0 Å². The van der Waals surface area contributed by atoms with E-state index in [4.69, 9.17) is 4.74 Å². The topological polar surface area (TPSA) is 41.6 Å². The molecule has 4 nitrogen and oxygen atoms in total. The maximum absolute atomic E-state index is 12.5. The Kier molecular flexibility index (Phi) is 7.41. The summed E-state index contributed by atoms with van der Waals surface area (Å²) in [6.45, 7) is 3.53. The van der Waals surface area contributed by atoms with Crippen LogP contribution in [0.1, 0.15) is 49.7 Å². The van der Waals surface area contributed by atoms with Gasteiger partial charge >= 0.3 is 0 Å². The number of hydrogen-bond acceptors (Lipinski definition) is 3. The standard InChI is InChI=1S/C26H34N2O2/c29-26(27-24-14-16-28(17-15-24)19-22-10-4-5-11-22)20-30-25-13-7-6-12-23(25)18-21-8-2-1-3-9-21/h1-3,6-9,12-13,22,24H,4-5,10-11,14-20H2,(H,27,29). The van der Waals surface area contributed by atoms with E-state index in [1.54, 1.807) is 0 Å². The van der Waals surface area contributed by atoms with E-state index in [9.17, 15) is 4.79 Å². The van der Waals surface area contributed by atoms with Crippen molar-refractivity contribution in [1.29, 1.82) is 0 Å². The van der Waals surface area contributed by atoms with Crippen molar-refractivity contribution >= 4 is 5.91 Å². The van der Waals surface area contributed by atoms with E-state index in [1.807, 2.05) is 36.4 Å². The van der Waals surface area contributed by atoms with Crippen molar-refractivity contribution in [1.82, 2.24) is 10.2 Å². The van der Waals surface area contributed by atoms with Crippen molar-refractivity contribution in [3.63, 3.8) is 0 Å². The monoisotopic (exact) mass is 406 g/mol. The summed E-state index contributed by atoms with van der Waals surface area (Å²) >= 11 is 0. The fraction of sp³-hybridized carbons (Fsp3) is 0.500. The quantitative estimate of drug-likeness (QED) is 0.705. The first-order valence-electron chi connectivity index (χ1n) is 11.5.